The molecule has 0 bridgehead atoms. The molecule has 1 aliphatic heterocycles. The number of hydrogen-bond acceptors (Lipinski definition) is 7. The van der Waals surface area contributed by atoms with E-state index in [2.05, 4.69) is 20.3 Å². The lowest BCUT2D eigenvalue weighted by molar-refractivity contribution is -0.177. The van der Waals surface area contributed by atoms with Crippen LogP contribution in [0.2, 0.25) is 0 Å². The van der Waals surface area contributed by atoms with Crippen LogP contribution in [0.25, 0.3) is 33.2 Å². The molecule has 3 aromatic heterocycles. The van der Waals surface area contributed by atoms with Gasteiger partial charge in [0, 0.05) is 30.6 Å². The topological polar surface area (TPSA) is 99.1 Å². The predicted molar refractivity (Wildman–Crippen MR) is 130 cm³/mol. The van der Waals surface area contributed by atoms with Gasteiger partial charge >= 0.3 is 0 Å². The molecule has 2 fully saturated rings. The number of rotatable bonds is 6. The summed E-state index contributed by atoms with van der Waals surface area (Å²) in [5, 5.41) is 4.17. The van der Waals surface area contributed by atoms with Gasteiger partial charge in [-0.1, -0.05) is 6.07 Å². The monoisotopic (exact) mass is 498 g/mol. The summed E-state index contributed by atoms with van der Waals surface area (Å²) in [6, 6.07) is 5.84. The number of aromatic amines is 1. The number of aryl methyl sites for hydroxylation is 1. The minimum absolute atomic E-state index is 0.209. The fourth-order valence-electron chi connectivity index (χ4n) is 5.39. The second-order valence-corrected chi connectivity index (χ2v) is 9.37. The molecule has 6 rings (SSSR count). The molecule has 1 aliphatic carbocycles. The van der Waals surface area contributed by atoms with E-state index in [0.29, 0.717) is 47.5 Å². The predicted octanol–water partition coefficient (Wildman–Crippen LogP) is 4.65. The maximum atomic E-state index is 13.2. The number of benzene rings is 1. The number of aromatic nitrogens is 5. The molecular weight excluding hydrogens is 470 g/mol. The first kappa shape index (κ1) is 23.1. The van der Waals surface area contributed by atoms with Crippen LogP contribution in [0.4, 0.5) is 14.7 Å². The molecule has 0 atom stereocenters. The third-order valence-electron chi connectivity index (χ3n) is 7.16. The fourth-order valence-corrected chi connectivity index (χ4v) is 5.39. The van der Waals surface area contributed by atoms with Gasteiger partial charge in [-0.2, -0.15) is 9.97 Å². The van der Waals surface area contributed by atoms with Crippen LogP contribution in [0.15, 0.2) is 24.4 Å². The standard InChI is InChI=1S/C25H28F2N6O3/c1-14-29-18-4-3-15(11-19(18)33(14)13-20(26)27)17-12-28-22-21(17)23(34-2)32-24(31-22)30-16-5-7-25(8-6-16)35-9-10-36-25/h3-4,11-12,16,20H,5-10,13H2,1-2H3,(H2,28,30,31,32). The molecule has 1 spiro atoms. The summed E-state index contributed by atoms with van der Waals surface area (Å²) < 4.78 is 45.2. The molecule has 2 N–H and O–H groups in total. The molecule has 1 aromatic carbocycles. The summed E-state index contributed by atoms with van der Waals surface area (Å²) in [7, 11) is 1.58. The first-order chi connectivity index (χ1) is 17.4. The average Bonchev–Trinajstić information content (AvgIpc) is 3.58. The van der Waals surface area contributed by atoms with Gasteiger partial charge in [-0.15, -0.1) is 0 Å². The summed E-state index contributed by atoms with van der Waals surface area (Å²) >= 11 is 0. The Bertz CT molecular complexity index is 1400. The maximum absolute atomic E-state index is 13.2. The lowest BCUT2D eigenvalue weighted by Gasteiger charge is -2.35. The molecule has 0 radical (unpaired) electrons. The summed E-state index contributed by atoms with van der Waals surface area (Å²) in [6.07, 6.45) is 2.83. The minimum Gasteiger partial charge on any atom is -0.480 e. The van der Waals surface area contributed by atoms with Crippen LogP contribution in [-0.2, 0) is 16.0 Å². The average molecular weight is 499 g/mol. The molecule has 9 nitrogen and oxygen atoms in total. The van der Waals surface area contributed by atoms with Crippen LogP contribution in [0, 0.1) is 6.92 Å². The molecular formula is C25H28F2N6O3. The zero-order valence-corrected chi connectivity index (χ0v) is 20.2. The number of halogens is 2. The van der Waals surface area contributed by atoms with Gasteiger partial charge in [0.05, 0.1) is 43.3 Å². The number of fused-ring (bicyclic) bond motifs is 2. The van der Waals surface area contributed by atoms with Crippen molar-refractivity contribution in [1.82, 2.24) is 24.5 Å². The highest BCUT2D eigenvalue weighted by molar-refractivity contribution is 5.99. The quantitative estimate of drug-likeness (QED) is 0.399. The lowest BCUT2D eigenvalue weighted by atomic mass is 9.90. The van der Waals surface area contributed by atoms with E-state index in [1.807, 2.05) is 24.4 Å². The van der Waals surface area contributed by atoms with Gasteiger partial charge in [-0.05, 0) is 37.5 Å². The zero-order valence-electron chi connectivity index (χ0n) is 20.2. The Kier molecular flexibility index (Phi) is 5.76. The van der Waals surface area contributed by atoms with Crippen molar-refractivity contribution in [2.24, 2.45) is 0 Å². The minimum atomic E-state index is -2.47. The Labute approximate surface area is 206 Å². The second-order valence-electron chi connectivity index (χ2n) is 9.37. The van der Waals surface area contributed by atoms with Crippen molar-refractivity contribution in [3.63, 3.8) is 0 Å². The lowest BCUT2D eigenvalue weighted by Crippen LogP contribution is -2.39. The Balaban J connectivity index is 1.30. The molecule has 4 aromatic rings. The van der Waals surface area contributed by atoms with Gasteiger partial charge in [0.15, 0.2) is 5.79 Å². The van der Waals surface area contributed by atoms with Crippen molar-refractivity contribution in [3.8, 4) is 17.0 Å². The van der Waals surface area contributed by atoms with Crippen LogP contribution < -0.4 is 10.1 Å². The third-order valence-corrected chi connectivity index (χ3v) is 7.16. The van der Waals surface area contributed by atoms with Gasteiger partial charge in [0.1, 0.15) is 11.5 Å². The smallest absolute Gasteiger partial charge is 0.256 e. The number of alkyl halides is 2. The molecule has 1 saturated heterocycles. The van der Waals surface area contributed by atoms with Crippen LogP contribution in [0.1, 0.15) is 31.5 Å². The van der Waals surface area contributed by atoms with E-state index in [-0.39, 0.29) is 6.04 Å². The number of ether oxygens (including phenoxy) is 3. The molecule has 0 amide bonds. The van der Waals surface area contributed by atoms with Crippen molar-refractivity contribution in [1.29, 1.82) is 0 Å². The van der Waals surface area contributed by atoms with Crippen LogP contribution >= 0.6 is 0 Å². The van der Waals surface area contributed by atoms with Gasteiger partial charge in [-0.25, -0.2) is 13.8 Å². The Morgan fingerprint density at radius 3 is 2.69 bits per heavy atom. The Morgan fingerprint density at radius 1 is 1.19 bits per heavy atom. The third kappa shape index (κ3) is 4.05. The SMILES string of the molecule is COc1nc(NC2CCC3(CC2)OCCO3)nc2[nH]cc(-c3ccc4nc(C)n(CC(F)F)c4c3)c12. The molecule has 190 valence electrons. The first-order valence-electron chi connectivity index (χ1n) is 12.2. The molecule has 11 heteroatoms. The van der Waals surface area contributed by atoms with Crippen LogP contribution in [0.5, 0.6) is 5.88 Å². The van der Waals surface area contributed by atoms with Gasteiger partial charge < -0.3 is 29.1 Å². The zero-order chi connectivity index (χ0) is 24.9. The first-order valence-corrected chi connectivity index (χ1v) is 12.2. The van der Waals surface area contributed by atoms with Crippen LogP contribution in [-0.4, -0.2) is 63.1 Å². The van der Waals surface area contributed by atoms with Crippen molar-refractivity contribution in [2.45, 2.75) is 57.4 Å². The van der Waals surface area contributed by atoms with E-state index in [1.165, 1.54) is 0 Å². The van der Waals surface area contributed by atoms with Crippen molar-refractivity contribution < 1.29 is 23.0 Å². The van der Waals surface area contributed by atoms with E-state index in [0.717, 1.165) is 42.2 Å². The highest BCUT2D eigenvalue weighted by Gasteiger charge is 2.40. The number of nitrogens with one attached hydrogen (secondary N) is 2. The summed E-state index contributed by atoms with van der Waals surface area (Å²) in [5.41, 5.74) is 3.62. The summed E-state index contributed by atoms with van der Waals surface area (Å²) in [6.45, 7) is 2.65. The number of nitrogens with zero attached hydrogens (tertiary/aromatic N) is 4. The highest BCUT2D eigenvalue weighted by Crippen LogP contribution is 2.38. The van der Waals surface area contributed by atoms with E-state index in [1.54, 1.807) is 18.6 Å². The van der Waals surface area contributed by atoms with E-state index in [9.17, 15) is 8.78 Å². The molecule has 36 heavy (non-hydrogen) atoms. The number of imidazole rings is 1. The number of methoxy groups -OCH3 is 1. The van der Waals surface area contributed by atoms with Gasteiger partial charge in [-0.3, -0.25) is 0 Å². The molecule has 0 unspecified atom stereocenters. The second kappa shape index (κ2) is 8.97. The Morgan fingerprint density at radius 2 is 1.97 bits per heavy atom. The summed E-state index contributed by atoms with van der Waals surface area (Å²) in [4.78, 5) is 17.0. The Hall–Kier alpha value is -3.31. The maximum Gasteiger partial charge on any atom is 0.256 e. The fraction of sp³-hybridized carbons (Fsp3) is 0.480. The summed E-state index contributed by atoms with van der Waals surface area (Å²) in [5.74, 6) is 1.06. The number of hydrogen-bond donors (Lipinski definition) is 2. The van der Waals surface area contributed by atoms with Crippen molar-refractivity contribution in [2.75, 3.05) is 25.6 Å². The largest absolute Gasteiger partial charge is 0.480 e. The van der Waals surface area contributed by atoms with E-state index < -0.39 is 18.8 Å². The van der Waals surface area contributed by atoms with Crippen LogP contribution in [0.3, 0.4) is 0 Å². The normalized spacial score (nSPS) is 18.1. The molecule has 2 aliphatic rings. The number of anilines is 1. The van der Waals surface area contributed by atoms with Gasteiger partial charge in [0.2, 0.25) is 11.8 Å². The van der Waals surface area contributed by atoms with Gasteiger partial charge in [0.25, 0.3) is 6.43 Å². The molecule has 4 heterocycles. The highest BCUT2D eigenvalue weighted by atomic mass is 19.3. The van der Waals surface area contributed by atoms with Crippen molar-refractivity contribution >= 4 is 28.0 Å². The number of H-pyrrole nitrogens is 1. The van der Waals surface area contributed by atoms with E-state index >= 15 is 0 Å². The molecule has 1 saturated carbocycles. The van der Waals surface area contributed by atoms with E-state index in [4.69, 9.17) is 19.2 Å². The van der Waals surface area contributed by atoms with Crippen molar-refractivity contribution in [3.05, 3.63) is 30.2 Å².